The van der Waals surface area contributed by atoms with Gasteiger partial charge in [0.2, 0.25) is 0 Å². The van der Waals surface area contributed by atoms with E-state index in [0.717, 1.165) is 56.8 Å². The first-order valence-corrected chi connectivity index (χ1v) is 11.6. The molecule has 164 valence electrons. The molecule has 0 atom stereocenters. The zero-order chi connectivity index (χ0) is 22.1. The van der Waals surface area contributed by atoms with Crippen LogP contribution in [0, 0.1) is 0 Å². The van der Waals surface area contributed by atoms with Gasteiger partial charge in [-0.3, -0.25) is 14.8 Å². The first-order chi connectivity index (χ1) is 16.2. The van der Waals surface area contributed by atoms with Gasteiger partial charge in [0.25, 0.3) is 5.56 Å². The number of nitrogens with one attached hydrogen (secondary N) is 2. The molecule has 1 aliphatic heterocycles. The number of nitrogens with zero attached hydrogens (tertiary/aromatic N) is 6. The van der Waals surface area contributed by atoms with Crippen molar-refractivity contribution in [3.05, 3.63) is 75.0 Å². The molecule has 2 N–H and O–H groups in total. The fourth-order valence-corrected chi connectivity index (χ4v) is 6.04. The zero-order valence-electron chi connectivity index (χ0n) is 17.9. The maximum Gasteiger partial charge on any atom is 0.291 e. The molecule has 10 heteroatoms. The van der Waals surface area contributed by atoms with E-state index in [1.807, 2.05) is 36.0 Å². The minimum absolute atomic E-state index is 0.111. The summed E-state index contributed by atoms with van der Waals surface area (Å²) in [5, 5.41) is 14.5. The van der Waals surface area contributed by atoms with Crippen molar-refractivity contribution in [2.45, 2.75) is 26.2 Å². The largest absolute Gasteiger partial charge is 0.364 e. The summed E-state index contributed by atoms with van der Waals surface area (Å²) in [5.41, 5.74) is 5.97. The molecule has 0 amide bonds. The molecule has 0 bridgehead atoms. The number of hydrogen-bond acceptors (Lipinski definition) is 6. The normalized spacial score (nSPS) is 14.2. The lowest BCUT2D eigenvalue weighted by Crippen LogP contribution is -2.24. The Morgan fingerprint density at radius 2 is 2.06 bits per heavy atom. The van der Waals surface area contributed by atoms with Crippen molar-refractivity contribution < 1.29 is 0 Å². The Hall–Kier alpha value is -3.76. The maximum absolute atomic E-state index is 13.4. The molecule has 5 aromatic heterocycles. The number of fused-ring (bicyclic) bond motifs is 5. The summed E-state index contributed by atoms with van der Waals surface area (Å²) < 4.78 is 4.46. The van der Waals surface area contributed by atoms with Crippen molar-refractivity contribution in [3.63, 3.8) is 0 Å². The number of aromatic amines is 2. The molecular formula is C23H20N8OS. The summed E-state index contributed by atoms with van der Waals surface area (Å²) in [6.45, 7) is 3.03. The van der Waals surface area contributed by atoms with Gasteiger partial charge in [-0.05, 0) is 23.3 Å². The molecule has 0 saturated carbocycles. The number of H-pyrrole nitrogens is 2. The van der Waals surface area contributed by atoms with E-state index in [2.05, 4.69) is 31.2 Å². The van der Waals surface area contributed by atoms with Crippen LogP contribution >= 0.6 is 11.3 Å². The van der Waals surface area contributed by atoms with Crippen LogP contribution < -0.4 is 5.56 Å². The van der Waals surface area contributed by atoms with Crippen LogP contribution in [0.15, 0.2) is 47.7 Å². The van der Waals surface area contributed by atoms with Crippen molar-refractivity contribution in [2.24, 2.45) is 7.05 Å². The Morgan fingerprint density at radius 1 is 1.12 bits per heavy atom. The quantitative estimate of drug-likeness (QED) is 0.425. The Kier molecular flexibility index (Phi) is 3.91. The molecule has 6 heterocycles. The summed E-state index contributed by atoms with van der Waals surface area (Å²) in [5.74, 6) is 0. The molecule has 0 fully saturated rings. The smallest absolute Gasteiger partial charge is 0.291 e. The summed E-state index contributed by atoms with van der Waals surface area (Å²) in [7, 11) is 1.91. The molecule has 0 saturated heterocycles. The van der Waals surface area contributed by atoms with Gasteiger partial charge in [0.1, 0.15) is 10.5 Å². The predicted octanol–water partition coefficient (Wildman–Crippen LogP) is 3.11. The molecule has 7 rings (SSSR count). The number of aryl methyl sites for hydroxylation is 1. The second-order valence-corrected chi connectivity index (χ2v) is 9.65. The predicted molar refractivity (Wildman–Crippen MR) is 127 cm³/mol. The summed E-state index contributed by atoms with van der Waals surface area (Å²) in [6.07, 6.45) is 5.59. The third-order valence-electron chi connectivity index (χ3n) is 6.53. The van der Waals surface area contributed by atoms with E-state index in [0.29, 0.717) is 12.1 Å². The topological polar surface area (TPSA) is 100 Å². The van der Waals surface area contributed by atoms with Crippen LogP contribution in [0.1, 0.15) is 21.8 Å². The lowest BCUT2D eigenvalue weighted by Gasteiger charge is -2.12. The van der Waals surface area contributed by atoms with Gasteiger partial charge in [0.05, 0.1) is 35.7 Å². The average molecular weight is 457 g/mol. The molecular weight excluding hydrogens is 436 g/mol. The van der Waals surface area contributed by atoms with E-state index in [1.165, 1.54) is 15.9 Å². The second-order valence-electron chi connectivity index (χ2n) is 8.56. The SMILES string of the molecule is Cn1c2nc(CN3Cc4cc[nH]c4C3)sc2c2cnn(Cc3cccc4[nH]ncc34)c(=O)c21. The van der Waals surface area contributed by atoms with Crippen molar-refractivity contribution >= 4 is 43.5 Å². The number of thiazole rings is 1. The highest BCUT2D eigenvalue weighted by Gasteiger charge is 2.23. The van der Waals surface area contributed by atoms with Gasteiger partial charge in [-0.2, -0.15) is 10.2 Å². The zero-order valence-corrected chi connectivity index (χ0v) is 18.7. The standard InChI is InChI=1S/C23H20N8OS/c1-29-20-16(8-26-31(23(20)32)10-13-3-2-4-17-15(13)7-25-28-17)21-22(29)27-19(33-21)12-30-9-14-5-6-24-18(14)11-30/h2-8,24H,9-12H2,1H3,(H,25,28). The fourth-order valence-electron chi connectivity index (χ4n) is 4.90. The van der Waals surface area contributed by atoms with Gasteiger partial charge in [0.15, 0.2) is 5.65 Å². The van der Waals surface area contributed by atoms with Crippen LogP contribution in [0.3, 0.4) is 0 Å². The first-order valence-electron chi connectivity index (χ1n) is 10.8. The van der Waals surface area contributed by atoms with E-state index in [4.69, 9.17) is 4.98 Å². The summed E-state index contributed by atoms with van der Waals surface area (Å²) >= 11 is 1.65. The molecule has 0 radical (unpaired) electrons. The van der Waals surface area contributed by atoms with Gasteiger partial charge < -0.3 is 9.55 Å². The summed E-state index contributed by atoms with van der Waals surface area (Å²) in [4.78, 5) is 24.0. The van der Waals surface area contributed by atoms with E-state index >= 15 is 0 Å². The Bertz CT molecular complexity index is 1710. The number of aromatic nitrogens is 7. The number of benzene rings is 1. The minimum atomic E-state index is -0.111. The maximum atomic E-state index is 13.4. The average Bonchev–Trinajstić information content (AvgIpc) is 3.59. The van der Waals surface area contributed by atoms with Gasteiger partial charge in [0, 0.05) is 42.8 Å². The molecule has 33 heavy (non-hydrogen) atoms. The van der Waals surface area contributed by atoms with Crippen LogP contribution in [-0.4, -0.2) is 39.4 Å². The molecule has 0 unspecified atom stereocenters. The Morgan fingerprint density at radius 3 is 2.97 bits per heavy atom. The van der Waals surface area contributed by atoms with Gasteiger partial charge in [-0.15, -0.1) is 11.3 Å². The van der Waals surface area contributed by atoms with Crippen LogP contribution in [-0.2, 0) is 33.2 Å². The van der Waals surface area contributed by atoms with E-state index in [9.17, 15) is 4.79 Å². The molecule has 0 spiro atoms. The van der Waals surface area contributed by atoms with Crippen molar-refractivity contribution in [1.82, 2.24) is 39.4 Å². The van der Waals surface area contributed by atoms with Crippen LogP contribution in [0.4, 0.5) is 0 Å². The number of rotatable bonds is 4. The highest BCUT2D eigenvalue weighted by Crippen LogP contribution is 2.32. The highest BCUT2D eigenvalue weighted by atomic mass is 32.1. The Balaban J connectivity index is 1.25. The van der Waals surface area contributed by atoms with Crippen LogP contribution in [0.2, 0.25) is 0 Å². The second kappa shape index (κ2) is 6.87. The van der Waals surface area contributed by atoms with Crippen molar-refractivity contribution in [1.29, 1.82) is 0 Å². The minimum Gasteiger partial charge on any atom is -0.364 e. The lowest BCUT2D eigenvalue weighted by atomic mass is 10.1. The van der Waals surface area contributed by atoms with Crippen molar-refractivity contribution in [2.75, 3.05) is 0 Å². The molecule has 1 aromatic carbocycles. The highest BCUT2D eigenvalue weighted by molar-refractivity contribution is 7.19. The van der Waals surface area contributed by atoms with Gasteiger partial charge in [-0.1, -0.05) is 12.1 Å². The first kappa shape index (κ1) is 18.8. The third kappa shape index (κ3) is 2.81. The van der Waals surface area contributed by atoms with Crippen LogP contribution in [0.5, 0.6) is 0 Å². The molecule has 1 aliphatic rings. The lowest BCUT2D eigenvalue weighted by molar-refractivity contribution is 0.273. The van der Waals surface area contributed by atoms with E-state index in [1.54, 1.807) is 23.7 Å². The Labute approximate surface area is 191 Å². The van der Waals surface area contributed by atoms with E-state index in [-0.39, 0.29) is 5.56 Å². The molecule has 0 aliphatic carbocycles. The fraction of sp³-hybridized carbons (Fsp3) is 0.217. The monoisotopic (exact) mass is 456 g/mol. The molecule has 6 aromatic rings. The van der Waals surface area contributed by atoms with Crippen LogP contribution in [0.25, 0.3) is 32.2 Å². The van der Waals surface area contributed by atoms with Gasteiger partial charge in [-0.25, -0.2) is 9.67 Å². The van der Waals surface area contributed by atoms with Gasteiger partial charge >= 0.3 is 0 Å². The third-order valence-corrected chi connectivity index (χ3v) is 7.59. The number of hydrogen-bond donors (Lipinski definition) is 2. The summed E-state index contributed by atoms with van der Waals surface area (Å²) in [6, 6.07) is 8.08. The molecule has 9 nitrogen and oxygen atoms in total. The van der Waals surface area contributed by atoms with E-state index < -0.39 is 0 Å². The van der Waals surface area contributed by atoms with Crippen molar-refractivity contribution in [3.8, 4) is 0 Å².